The van der Waals surface area contributed by atoms with Crippen LogP contribution < -0.4 is 0 Å². The first-order valence-electron chi connectivity index (χ1n) is 6.92. The lowest BCUT2D eigenvalue weighted by Gasteiger charge is -2.29. The summed E-state index contributed by atoms with van der Waals surface area (Å²) in [6.45, 7) is 4.40. The predicted octanol–water partition coefficient (Wildman–Crippen LogP) is 3.50. The molecule has 0 fully saturated rings. The van der Waals surface area contributed by atoms with Crippen LogP contribution in [0.4, 0.5) is 0 Å². The van der Waals surface area contributed by atoms with Crippen LogP contribution in [0.5, 0.6) is 0 Å². The van der Waals surface area contributed by atoms with Crippen LogP contribution in [0, 0.1) is 10.2 Å². The second kappa shape index (κ2) is 4.84. The molecular formula is C16H18N2O2S. The molecule has 3 rings (SSSR count). The summed E-state index contributed by atoms with van der Waals surface area (Å²) in [7, 11) is 1.39. The maximum Gasteiger partial charge on any atom is 0.356 e. The summed E-state index contributed by atoms with van der Waals surface area (Å²) in [6, 6.07) is 8.37. The smallest absolute Gasteiger partial charge is 0.356 e. The van der Waals surface area contributed by atoms with Crippen molar-refractivity contribution in [1.29, 1.82) is 0 Å². The van der Waals surface area contributed by atoms with Crippen molar-refractivity contribution < 1.29 is 9.53 Å². The Kier molecular flexibility index (Phi) is 3.24. The highest BCUT2D eigenvalue weighted by atomic mass is 32.1. The summed E-state index contributed by atoms with van der Waals surface area (Å²) < 4.78 is 7.32. The molecule has 0 radical (unpaired) electrons. The van der Waals surface area contributed by atoms with E-state index in [4.69, 9.17) is 17.0 Å². The van der Waals surface area contributed by atoms with Gasteiger partial charge in [0, 0.05) is 6.20 Å². The van der Waals surface area contributed by atoms with Gasteiger partial charge in [-0.05, 0) is 35.2 Å². The minimum atomic E-state index is -0.373. The molecule has 1 aromatic heterocycles. The minimum Gasteiger partial charge on any atom is -0.464 e. The van der Waals surface area contributed by atoms with Gasteiger partial charge in [-0.15, -0.1) is 0 Å². The number of methoxy groups -OCH3 is 1. The van der Waals surface area contributed by atoms with Crippen LogP contribution in [0.3, 0.4) is 0 Å². The second-order valence-electron chi connectivity index (χ2n) is 6.11. The molecule has 1 atom stereocenters. The summed E-state index contributed by atoms with van der Waals surface area (Å²) in [5, 5.41) is 0. The number of rotatable bonds is 2. The Bertz CT molecular complexity index is 758. The quantitative estimate of drug-likeness (QED) is 0.682. The number of benzene rings is 1. The average Bonchev–Trinajstić information content (AvgIpc) is 2.93. The lowest BCUT2D eigenvalue weighted by molar-refractivity contribution is 0.0583. The average molecular weight is 302 g/mol. The first-order valence-corrected chi connectivity index (χ1v) is 7.32. The van der Waals surface area contributed by atoms with Gasteiger partial charge >= 0.3 is 5.97 Å². The Morgan fingerprint density at radius 1 is 1.43 bits per heavy atom. The number of H-pyrrole nitrogens is 1. The first-order chi connectivity index (χ1) is 9.95. The Morgan fingerprint density at radius 2 is 2.14 bits per heavy atom. The van der Waals surface area contributed by atoms with Crippen LogP contribution >= 0.6 is 12.2 Å². The third-order valence-electron chi connectivity index (χ3n) is 4.20. The number of nitrogens with one attached hydrogen (secondary N) is 1. The van der Waals surface area contributed by atoms with Crippen molar-refractivity contribution in [3.63, 3.8) is 0 Å². The number of aromatic amines is 1. The summed E-state index contributed by atoms with van der Waals surface area (Å²) in [4.78, 5) is 15.0. The van der Waals surface area contributed by atoms with Gasteiger partial charge in [0.25, 0.3) is 0 Å². The fraction of sp³-hybridized carbons (Fsp3) is 0.375. The van der Waals surface area contributed by atoms with E-state index in [1.807, 2.05) is 10.6 Å². The van der Waals surface area contributed by atoms with E-state index in [0.29, 0.717) is 10.5 Å². The van der Waals surface area contributed by atoms with Gasteiger partial charge in [-0.2, -0.15) is 0 Å². The number of aromatic nitrogens is 2. The number of nitrogens with zero attached hydrogens (tertiary/aromatic N) is 1. The van der Waals surface area contributed by atoms with Crippen molar-refractivity contribution in [2.75, 3.05) is 7.11 Å². The Balaban J connectivity index is 2.23. The monoisotopic (exact) mass is 302 g/mol. The number of hydrogen-bond donors (Lipinski definition) is 1. The number of ether oxygens (including phenoxy) is 1. The fourth-order valence-corrected chi connectivity index (χ4v) is 3.62. The van der Waals surface area contributed by atoms with Gasteiger partial charge in [-0.1, -0.05) is 38.1 Å². The van der Waals surface area contributed by atoms with Gasteiger partial charge in [0.05, 0.1) is 13.2 Å². The van der Waals surface area contributed by atoms with Crippen LogP contribution in [0.15, 0.2) is 30.5 Å². The third-order valence-corrected chi connectivity index (χ3v) is 4.51. The van der Waals surface area contributed by atoms with Crippen LogP contribution in [-0.4, -0.2) is 22.6 Å². The number of hydrogen-bond acceptors (Lipinski definition) is 3. The molecule has 0 bridgehead atoms. The van der Waals surface area contributed by atoms with Gasteiger partial charge < -0.3 is 14.3 Å². The zero-order valence-corrected chi connectivity index (χ0v) is 13.2. The number of fused-ring (bicyclic) bond motifs is 1. The van der Waals surface area contributed by atoms with E-state index in [1.165, 1.54) is 18.2 Å². The van der Waals surface area contributed by atoms with Crippen molar-refractivity contribution in [3.05, 3.63) is 52.1 Å². The lowest BCUT2D eigenvalue weighted by atomic mass is 9.85. The molecule has 1 aliphatic carbocycles. The SMILES string of the molecule is COC(=O)c1c[nH]c(=S)n1C1c2ccccc2CC1(C)C. The maximum absolute atomic E-state index is 12.0. The molecule has 0 saturated heterocycles. The maximum atomic E-state index is 12.0. The topological polar surface area (TPSA) is 47.0 Å². The van der Waals surface area contributed by atoms with Crippen molar-refractivity contribution in [2.45, 2.75) is 26.3 Å². The molecule has 4 nitrogen and oxygen atoms in total. The number of carbonyl (C=O) groups excluding carboxylic acids is 1. The molecule has 0 spiro atoms. The molecule has 5 heteroatoms. The molecule has 0 amide bonds. The van der Waals surface area contributed by atoms with E-state index in [0.717, 1.165) is 6.42 Å². The summed E-state index contributed by atoms with van der Waals surface area (Å²) in [5.41, 5.74) is 2.99. The van der Waals surface area contributed by atoms with Crippen molar-refractivity contribution in [2.24, 2.45) is 5.41 Å². The molecule has 0 saturated carbocycles. The Hall–Kier alpha value is -1.88. The van der Waals surface area contributed by atoms with Crippen LogP contribution in [0.2, 0.25) is 0 Å². The van der Waals surface area contributed by atoms with E-state index < -0.39 is 0 Å². The molecule has 110 valence electrons. The molecule has 1 heterocycles. The van der Waals surface area contributed by atoms with E-state index in [2.05, 4.69) is 37.0 Å². The van der Waals surface area contributed by atoms with Gasteiger partial charge in [0.1, 0.15) is 5.69 Å². The van der Waals surface area contributed by atoms with E-state index >= 15 is 0 Å². The van der Waals surface area contributed by atoms with Crippen molar-refractivity contribution in [1.82, 2.24) is 9.55 Å². The molecule has 1 unspecified atom stereocenters. The van der Waals surface area contributed by atoms with Crippen molar-refractivity contribution >= 4 is 18.2 Å². The number of imidazole rings is 1. The molecule has 21 heavy (non-hydrogen) atoms. The normalized spacial score (nSPS) is 19.3. The minimum absolute atomic E-state index is 0.0210. The van der Waals surface area contributed by atoms with Crippen LogP contribution in [0.25, 0.3) is 0 Å². The van der Waals surface area contributed by atoms with E-state index in [1.54, 1.807) is 6.20 Å². The van der Waals surface area contributed by atoms with Gasteiger partial charge in [-0.25, -0.2) is 4.79 Å². The first kappa shape index (κ1) is 14.1. The van der Waals surface area contributed by atoms with Gasteiger partial charge in [0.2, 0.25) is 0 Å². The molecule has 1 aromatic carbocycles. The van der Waals surface area contributed by atoms with Crippen LogP contribution in [0.1, 0.15) is 41.5 Å². The lowest BCUT2D eigenvalue weighted by Crippen LogP contribution is -2.27. The summed E-state index contributed by atoms with van der Waals surface area (Å²) in [5.74, 6) is -0.373. The Labute approximate surface area is 128 Å². The highest BCUT2D eigenvalue weighted by molar-refractivity contribution is 7.71. The number of esters is 1. The van der Waals surface area contributed by atoms with Gasteiger partial charge in [-0.3, -0.25) is 0 Å². The largest absolute Gasteiger partial charge is 0.464 e. The number of carbonyl (C=O) groups is 1. The van der Waals surface area contributed by atoms with E-state index in [9.17, 15) is 4.79 Å². The summed E-state index contributed by atoms with van der Waals surface area (Å²) in [6.07, 6.45) is 2.59. The third kappa shape index (κ3) is 2.12. The predicted molar refractivity (Wildman–Crippen MR) is 83.0 cm³/mol. The van der Waals surface area contributed by atoms with E-state index in [-0.39, 0.29) is 17.4 Å². The molecule has 2 aromatic rings. The molecule has 1 N–H and O–H groups in total. The standard InChI is InChI=1S/C16H18N2O2S/c1-16(2)8-10-6-4-5-7-11(10)13(16)18-12(14(19)20-3)9-17-15(18)21/h4-7,9,13H,8H2,1-3H3,(H,17,21). The van der Waals surface area contributed by atoms with Crippen LogP contribution in [-0.2, 0) is 11.2 Å². The highest BCUT2D eigenvalue weighted by Crippen LogP contribution is 2.48. The molecule has 1 aliphatic rings. The zero-order valence-electron chi connectivity index (χ0n) is 12.3. The highest BCUT2D eigenvalue weighted by Gasteiger charge is 2.41. The Morgan fingerprint density at radius 3 is 2.86 bits per heavy atom. The second-order valence-corrected chi connectivity index (χ2v) is 6.49. The van der Waals surface area contributed by atoms with Crippen molar-refractivity contribution in [3.8, 4) is 0 Å². The molecular weight excluding hydrogens is 284 g/mol. The summed E-state index contributed by atoms with van der Waals surface area (Å²) >= 11 is 5.41. The zero-order chi connectivity index (χ0) is 15.2. The molecule has 0 aliphatic heterocycles. The fourth-order valence-electron chi connectivity index (χ4n) is 3.36. The van der Waals surface area contributed by atoms with Gasteiger partial charge in [0.15, 0.2) is 4.77 Å².